The third-order valence-corrected chi connectivity index (χ3v) is 5.62. The quantitative estimate of drug-likeness (QED) is 0.882. The summed E-state index contributed by atoms with van der Waals surface area (Å²) in [5, 5.41) is 3.77. The predicted octanol–water partition coefficient (Wildman–Crippen LogP) is 2.74. The van der Waals surface area contributed by atoms with Crippen LogP contribution >= 0.6 is 34.3 Å². The minimum Gasteiger partial charge on any atom is -0.254 e. The molecule has 2 aromatic heterocycles. The van der Waals surface area contributed by atoms with Gasteiger partial charge in [-0.2, -0.15) is 0 Å². The molecule has 0 atom stereocenters. The average Bonchev–Trinajstić information content (AvgIpc) is 2.86. The van der Waals surface area contributed by atoms with Crippen molar-refractivity contribution in [2.24, 2.45) is 0 Å². The molecule has 0 saturated carbocycles. The summed E-state index contributed by atoms with van der Waals surface area (Å²) in [6, 6.07) is 3.23. The van der Waals surface area contributed by atoms with Gasteiger partial charge in [0.2, 0.25) is 0 Å². The first kappa shape index (κ1) is 11.8. The number of thiophene rings is 1. The molecule has 0 aliphatic rings. The molecule has 0 radical (unpaired) electrons. The summed E-state index contributed by atoms with van der Waals surface area (Å²) in [4.78, 5) is 4.02. The Morgan fingerprint density at radius 1 is 1.44 bits per heavy atom. The number of thiazole rings is 1. The number of anilines is 1. The van der Waals surface area contributed by atoms with Gasteiger partial charge in [0, 0.05) is 5.38 Å². The molecule has 4 nitrogen and oxygen atoms in total. The highest BCUT2D eigenvalue weighted by Crippen LogP contribution is 2.23. The second-order valence-electron chi connectivity index (χ2n) is 2.82. The molecule has 0 bridgehead atoms. The summed E-state index contributed by atoms with van der Waals surface area (Å²) >= 11 is 7.96. The number of hydrogen-bond donors (Lipinski definition) is 1. The van der Waals surface area contributed by atoms with Crippen LogP contribution in [0.3, 0.4) is 0 Å². The topological polar surface area (TPSA) is 59.1 Å². The summed E-state index contributed by atoms with van der Waals surface area (Å²) in [6.45, 7) is 0. The smallest absolute Gasteiger partial charge is 0.254 e. The van der Waals surface area contributed by atoms with E-state index in [9.17, 15) is 8.42 Å². The number of sulfonamides is 1. The Labute approximate surface area is 106 Å². The molecule has 2 heterocycles. The zero-order valence-electron chi connectivity index (χ0n) is 7.88. The molecule has 86 valence electrons. The van der Waals surface area contributed by atoms with Gasteiger partial charge in [-0.15, -0.1) is 34.3 Å². The van der Waals surface area contributed by atoms with Crippen LogP contribution in [0.15, 0.2) is 27.1 Å². The molecule has 0 fully saturated rings. The van der Waals surface area contributed by atoms with Gasteiger partial charge >= 0.3 is 0 Å². The lowest BCUT2D eigenvalue weighted by Gasteiger charge is -2.01. The number of halogens is 1. The van der Waals surface area contributed by atoms with E-state index in [1.54, 1.807) is 22.9 Å². The van der Waals surface area contributed by atoms with Crippen molar-refractivity contribution in [3.8, 4) is 0 Å². The van der Waals surface area contributed by atoms with Gasteiger partial charge in [-0.05, 0) is 11.4 Å². The van der Waals surface area contributed by atoms with Crippen molar-refractivity contribution in [2.45, 2.75) is 10.1 Å². The second kappa shape index (κ2) is 4.70. The van der Waals surface area contributed by atoms with Crippen LogP contribution in [0.4, 0.5) is 5.13 Å². The molecule has 1 N–H and O–H groups in total. The van der Waals surface area contributed by atoms with E-state index in [1.165, 1.54) is 11.3 Å². The van der Waals surface area contributed by atoms with Gasteiger partial charge in [-0.3, -0.25) is 4.72 Å². The lowest BCUT2D eigenvalue weighted by atomic mass is 10.6. The third-order valence-electron chi connectivity index (χ3n) is 1.67. The fraction of sp³-hybridized carbons (Fsp3) is 0.125. The summed E-state index contributed by atoms with van der Waals surface area (Å²) in [6.07, 6.45) is 0. The standard InChI is InChI=1S/C8H7ClN2O2S3/c9-4-6-5-15-8(10-6)11-16(12,13)7-2-1-3-14-7/h1-3,5H,4H2,(H,10,11). The molecule has 2 rings (SSSR count). The Hall–Kier alpha value is -0.630. The normalized spacial score (nSPS) is 11.6. The van der Waals surface area contributed by atoms with Crippen molar-refractivity contribution in [2.75, 3.05) is 4.72 Å². The number of nitrogens with one attached hydrogen (secondary N) is 1. The van der Waals surface area contributed by atoms with Gasteiger partial charge < -0.3 is 0 Å². The van der Waals surface area contributed by atoms with Gasteiger partial charge in [-0.1, -0.05) is 6.07 Å². The van der Waals surface area contributed by atoms with E-state index >= 15 is 0 Å². The Bertz CT molecular complexity index is 562. The van der Waals surface area contributed by atoms with E-state index in [0.29, 0.717) is 10.8 Å². The SMILES string of the molecule is O=S(=O)(Nc1nc(CCl)cs1)c1cccs1. The molecule has 8 heteroatoms. The Morgan fingerprint density at radius 2 is 2.25 bits per heavy atom. The van der Waals surface area contributed by atoms with E-state index < -0.39 is 10.0 Å². The lowest BCUT2D eigenvalue weighted by Crippen LogP contribution is -2.11. The molecule has 16 heavy (non-hydrogen) atoms. The molecule has 0 aliphatic heterocycles. The molecule has 0 saturated heterocycles. The van der Waals surface area contributed by atoms with Crippen LogP contribution in [0.2, 0.25) is 0 Å². The summed E-state index contributed by atoms with van der Waals surface area (Å²) < 4.78 is 26.3. The average molecular weight is 295 g/mol. The van der Waals surface area contributed by atoms with E-state index in [0.717, 1.165) is 11.3 Å². The Kier molecular flexibility index (Phi) is 3.48. The molecule has 0 spiro atoms. The van der Waals surface area contributed by atoms with E-state index in [1.807, 2.05) is 0 Å². The fourth-order valence-electron chi connectivity index (χ4n) is 0.997. The number of alkyl halides is 1. The largest absolute Gasteiger partial charge is 0.273 e. The van der Waals surface area contributed by atoms with Gasteiger partial charge in [0.05, 0.1) is 11.6 Å². The number of nitrogens with zero attached hydrogens (tertiary/aromatic N) is 1. The van der Waals surface area contributed by atoms with Gasteiger partial charge in [0.15, 0.2) is 5.13 Å². The number of rotatable bonds is 4. The highest BCUT2D eigenvalue weighted by Gasteiger charge is 2.16. The predicted molar refractivity (Wildman–Crippen MR) is 66.8 cm³/mol. The molecule has 0 aromatic carbocycles. The monoisotopic (exact) mass is 294 g/mol. The molecular weight excluding hydrogens is 288 g/mol. The molecular formula is C8H7ClN2O2S3. The first-order chi connectivity index (χ1) is 7.62. The first-order valence-corrected chi connectivity index (χ1v) is 7.96. The molecule has 0 unspecified atom stereocenters. The van der Waals surface area contributed by atoms with E-state index in [-0.39, 0.29) is 10.1 Å². The maximum atomic E-state index is 11.8. The molecule has 0 amide bonds. The Balaban J connectivity index is 2.21. The first-order valence-electron chi connectivity index (χ1n) is 4.18. The van der Waals surface area contributed by atoms with E-state index in [4.69, 9.17) is 11.6 Å². The van der Waals surface area contributed by atoms with Crippen molar-refractivity contribution < 1.29 is 8.42 Å². The van der Waals surface area contributed by atoms with Crippen LogP contribution in [0.25, 0.3) is 0 Å². The highest BCUT2D eigenvalue weighted by atomic mass is 35.5. The van der Waals surface area contributed by atoms with Crippen molar-refractivity contribution >= 4 is 49.4 Å². The maximum Gasteiger partial charge on any atom is 0.273 e. The zero-order chi connectivity index (χ0) is 11.6. The van der Waals surface area contributed by atoms with Gasteiger partial charge in [0.25, 0.3) is 10.0 Å². The van der Waals surface area contributed by atoms with Crippen LogP contribution in [-0.2, 0) is 15.9 Å². The van der Waals surface area contributed by atoms with Crippen LogP contribution in [-0.4, -0.2) is 13.4 Å². The minimum atomic E-state index is -3.49. The van der Waals surface area contributed by atoms with Crippen LogP contribution < -0.4 is 4.72 Å². The third kappa shape index (κ3) is 2.54. The molecule has 2 aromatic rings. The van der Waals surface area contributed by atoms with Crippen molar-refractivity contribution in [3.05, 3.63) is 28.6 Å². The van der Waals surface area contributed by atoms with Crippen LogP contribution in [0.5, 0.6) is 0 Å². The molecule has 0 aliphatic carbocycles. The highest BCUT2D eigenvalue weighted by molar-refractivity contribution is 7.94. The zero-order valence-corrected chi connectivity index (χ0v) is 11.1. The fourth-order valence-corrected chi connectivity index (χ4v) is 4.18. The summed E-state index contributed by atoms with van der Waals surface area (Å²) in [5.41, 5.74) is 0.663. The van der Waals surface area contributed by atoms with Crippen molar-refractivity contribution in [1.29, 1.82) is 0 Å². The van der Waals surface area contributed by atoms with Gasteiger partial charge in [0.1, 0.15) is 4.21 Å². The van der Waals surface area contributed by atoms with E-state index in [2.05, 4.69) is 9.71 Å². The van der Waals surface area contributed by atoms with Gasteiger partial charge in [-0.25, -0.2) is 13.4 Å². The van der Waals surface area contributed by atoms with Crippen LogP contribution in [0.1, 0.15) is 5.69 Å². The maximum absolute atomic E-state index is 11.8. The van der Waals surface area contributed by atoms with Crippen molar-refractivity contribution in [1.82, 2.24) is 4.98 Å². The summed E-state index contributed by atoms with van der Waals surface area (Å²) in [7, 11) is -3.49. The van der Waals surface area contributed by atoms with Crippen molar-refractivity contribution in [3.63, 3.8) is 0 Å². The lowest BCUT2D eigenvalue weighted by molar-refractivity contribution is 0.603. The van der Waals surface area contributed by atoms with Crippen LogP contribution in [0, 0.1) is 0 Å². The second-order valence-corrected chi connectivity index (χ2v) is 6.80. The number of aromatic nitrogens is 1. The summed E-state index contributed by atoms with van der Waals surface area (Å²) in [5.74, 6) is 0.275. The Morgan fingerprint density at radius 3 is 2.81 bits per heavy atom. The minimum absolute atomic E-state index is 0.273. The number of hydrogen-bond acceptors (Lipinski definition) is 5.